The van der Waals surface area contributed by atoms with Gasteiger partial charge in [-0.05, 0) is 26.7 Å². The molecule has 1 N–H and O–H groups in total. The van der Waals surface area contributed by atoms with Crippen LogP contribution < -0.4 is 5.32 Å². The first-order valence-electron chi connectivity index (χ1n) is 5.27. The van der Waals surface area contributed by atoms with Crippen molar-refractivity contribution in [2.75, 3.05) is 0 Å². The maximum absolute atomic E-state index is 12.3. The Hall–Kier alpha value is -1.20. The van der Waals surface area contributed by atoms with Gasteiger partial charge in [0.2, 0.25) is 6.43 Å². The number of hydrogen-bond acceptors (Lipinski definition) is 2. The van der Waals surface area contributed by atoms with E-state index in [0.717, 1.165) is 4.90 Å². The lowest BCUT2D eigenvalue weighted by Gasteiger charge is -2.39. The summed E-state index contributed by atoms with van der Waals surface area (Å²) in [5.41, 5.74) is -0.910. The largest absolute Gasteiger partial charge is 0.325 e. The summed E-state index contributed by atoms with van der Waals surface area (Å²) in [5, 5.41) is 2.54. The minimum absolute atomic E-state index is 0.215. The Kier molecular flexibility index (Phi) is 2.40. The lowest BCUT2D eigenvalue weighted by Crippen LogP contribution is -2.50. The van der Waals surface area contributed by atoms with Gasteiger partial charge in [-0.25, -0.2) is 13.6 Å². The number of carbonyl (C=O) groups is 2. The van der Waals surface area contributed by atoms with E-state index in [9.17, 15) is 18.4 Å². The van der Waals surface area contributed by atoms with E-state index in [2.05, 4.69) is 5.32 Å². The Bertz CT molecular complexity index is 338. The molecule has 2 fully saturated rings. The van der Waals surface area contributed by atoms with Gasteiger partial charge in [0.05, 0.1) is 0 Å². The van der Waals surface area contributed by atoms with Crippen LogP contribution in [0.3, 0.4) is 0 Å². The second kappa shape index (κ2) is 3.40. The van der Waals surface area contributed by atoms with E-state index in [0.29, 0.717) is 0 Å². The molecule has 16 heavy (non-hydrogen) atoms. The second-order valence-electron chi connectivity index (χ2n) is 4.95. The molecule has 0 radical (unpaired) electrons. The quantitative estimate of drug-likeness (QED) is 0.731. The van der Waals surface area contributed by atoms with Crippen molar-refractivity contribution in [2.45, 2.75) is 44.7 Å². The number of halogens is 2. The van der Waals surface area contributed by atoms with E-state index < -0.39 is 23.9 Å². The number of urea groups is 1. The highest BCUT2D eigenvalue weighted by Crippen LogP contribution is 2.38. The summed E-state index contributed by atoms with van der Waals surface area (Å²) in [5.74, 6) is -0.996. The summed E-state index contributed by atoms with van der Waals surface area (Å²) >= 11 is 0. The molecule has 1 saturated heterocycles. The summed E-state index contributed by atoms with van der Waals surface area (Å²) in [7, 11) is 0. The highest BCUT2D eigenvalue weighted by Gasteiger charge is 2.51. The highest BCUT2D eigenvalue weighted by atomic mass is 19.3. The lowest BCUT2D eigenvalue weighted by molar-refractivity contribution is -0.135. The van der Waals surface area contributed by atoms with Crippen molar-refractivity contribution < 1.29 is 18.4 Å². The van der Waals surface area contributed by atoms with E-state index in [4.69, 9.17) is 0 Å². The standard InChI is InChI=1S/C10H14F2N2O2/c1-10(2)8(15)14(9(16)13-10)6-3-5(4-6)7(11)12/h5-7H,3-4H2,1-2H3,(H,13,16). The zero-order valence-electron chi connectivity index (χ0n) is 9.17. The Morgan fingerprint density at radius 1 is 1.38 bits per heavy atom. The predicted octanol–water partition coefficient (Wildman–Crippen LogP) is 1.36. The van der Waals surface area contributed by atoms with Crippen LogP contribution in [0.1, 0.15) is 26.7 Å². The molecule has 1 aliphatic heterocycles. The first kappa shape index (κ1) is 11.3. The monoisotopic (exact) mass is 232 g/mol. The average Bonchev–Trinajstić information content (AvgIpc) is 2.23. The molecule has 90 valence electrons. The van der Waals surface area contributed by atoms with Gasteiger partial charge in [-0.3, -0.25) is 9.69 Å². The number of imide groups is 1. The van der Waals surface area contributed by atoms with Crippen LogP contribution in [0.4, 0.5) is 13.6 Å². The Morgan fingerprint density at radius 3 is 2.31 bits per heavy atom. The Morgan fingerprint density at radius 2 is 1.94 bits per heavy atom. The van der Waals surface area contributed by atoms with Gasteiger partial charge < -0.3 is 5.32 Å². The van der Waals surface area contributed by atoms with Crippen molar-refractivity contribution in [2.24, 2.45) is 5.92 Å². The molecule has 1 heterocycles. The van der Waals surface area contributed by atoms with Crippen molar-refractivity contribution in [1.82, 2.24) is 10.2 Å². The average molecular weight is 232 g/mol. The molecule has 1 aliphatic carbocycles. The van der Waals surface area contributed by atoms with Crippen LogP contribution in [0, 0.1) is 5.92 Å². The molecule has 4 nitrogen and oxygen atoms in total. The van der Waals surface area contributed by atoms with Crippen LogP contribution in [-0.4, -0.2) is 34.8 Å². The zero-order chi connectivity index (χ0) is 12.1. The molecule has 2 aliphatic rings. The lowest BCUT2D eigenvalue weighted by atomic mass is 9.79. The summed E-state index contributed by atoms with van der Waals surface area (Å²) in [6.45, 7) is 3.22. The smallest absolute Gasteiger partial charge is 0.324 e. The number of nitrogens with one attached hydrogen (secondary N) is 1. The van der Waals surface area contributed by atoms with Gasteiger partial charge in [-0.15, -0.1) is 0 Å². The minimum Gasteiger partial charge on any atom is -0.324 e. The molecule has 0 aromatic heterocycles. The third-order valence-electron chi connectivity index (χ3n) is 3.26. The number of rotatable bonds is 2. The molecule has 6 heteroatoms. The highest BCUT2D eigenvalue weighted by molar-refractivity contribution is 6.06. The van der Waals surface area contributed by atoms with Gasteiger partial charge in [-0.2, -0.15) is 0 Å². The molecule has 0 aromatic carbocycles. The first-order valence-corrected chi connectivity index (χ1v) is 5.27. The third-order valence-corrected chi connectivity index (χ3v) is 3.26. The first-order chi connectivity index (χ1) is 7.33. The molecule has 0 spiro atoms. The molecule has 2 rings (SSSR count). The van der Waals surface area contributed by atoms with E-state index in [-0.39, 0.29) is 24.8 Å². The Labute approximate surface area is 92.0 Å². The van der Waals surface area contributed by atoms with Gasteiger partial charge in [0.1, 0.15) is 5.54 Å². The van der Waals surface area contributed by atoms with Gasteiger partial charge >= 0.3 is 6.03 Å². The van der Waals surface area contributed by atoms with E-state index >= 15 is 0 Å². The van der Waals surface area contributed by atoms with Crippen LogP contribution in [-0.2, 0) is 4.79 Å². The van der Waals surface area contributed by atoms with Gasteiger partial charge in [0.25, 0.3) is 5.91 Å². The second-order valence-corrected chi connectivity index (χ2v) is 4.95. The Balaban J connectivity index is 2.02. The molecule has 1 saturated carbocycles. The summed E-state index contributed by atoms with van der Waals surface area (Å²) in [4.78, 5) is 24.4. The summed E-state index contributed by atoms with van der Waals surface area (Å²) in [6, 6.07) is -0.819. The summed E-state index contributed by atoms with van der Waals surface area (Å²) in [6.07, 6.45) is -1.93. The van der Waals surface area contributed by atoms with Crippen LogP contribution in [0.2, 0.25) is 0 Å². The van der Waals surface area contributed by atoms with Crippen molar-refractivity contribution in [3.8, 4) is 0 Å². The molecular formula is C10H14F2N2O2. The van der Waals surface area contributed by atoms with E-state index in [1.807, 2.05) is 0 Å². The van der Waals surface area contributed by atoms with Crippen LogP contribution in [0.25, 0.3) is 0 Å². The fraction of sp³-hybridized carbons (Fsp3) is 0.800. The summed E-state index contributed by atoms with van der Waals surface area (Å²) < 4.78 is 24.6. The predicted molar refractivity (Wildman–Crippen MR) is 52.0 cm³/mol. The molecular weight excluding hydrogens is 218 g/mol. The SMILES string of the molecule is CC1(C)NC(=O)N(C2CC(C(F)F)C2)C1=O. The van der Waals surface area contributed by atoms with Gasteiger partial charge in [-0.1, -0.05) is 0 Å². The fourth-order valence-electron chi connectivity index (χ4n) is 2.15. The van der Waals surface area contributed by atoms with Crippen molar-refractivity contribution >= 4 is 11.9 Å². The van der Waals surface area contributed by atoms with E-state index in [1.54, 1.807) is 13.8 Å². The van der Waals surface area contributed by atoms with Gasteiger partial charge in [0, 0.05) is 12.0 Å². The number of carbonyl (C=O) groups excluding carboxylic acids is 2. The number of amides is 3. The third kappa shape index (κ3) is 1.56. The van der Waals surface area contributed by atoms with Crippen molar-refractivity contribution in [1.29, 1.82) is 0 Å². The normalized spacial score (nSPS) is 32.9. The maximum atomic E-state index is 12.3. The number of hydrogen-bond donors (Lipinski definition) is 1. The maximum Gasteiger partial charge on any atom is 0.325 e. The molecule has 3 amide bonds. The van der Waals surface area contributed by atoms with Crippen molar-refractivity contribution in [3.63, 3.8) is 0 Å². The molecule has 0 aromatic rings. The molecule has 0 atom stereocenters. The van der Waals surface area contributed by atoms with Crippen LogP contribution in [0.5, 0.6) is 0 Å². The molecule has 0 unspecified atom stereocenters. The topological polar surface area (TPSA) is 49.4 Å². The van der Waals surface area contributed by atoms with Crippen LogP contribution in [0.15, 0.2) is 0 Å². The van der Waals surface area contributed by atoms with Gasteiger partial charge in [0.15, 0.2) is 0 Å². The van der Waals surface area contributed by atoms with Crippen LogP contribution >= 0.6 is 0 Å². The minimum atomic E-state index is -2.36. The number of alkyl halides is 2. The fourth-order valence-corrected chi connectivity index (χ4v) is 2.15. The molecule has 0 bridgehead atoms. The van der Waals surface area contributed by atoms with Crippen molar-refractivity contribution in [3.05, 3.63) is 0 Å². The van der Waals surface area contributed by atoms with E-state index in [1.165, 1.54) is 0 Å². The number of nitrogens with zero attached hydrogens (tertiary/aromatic N) is 1. The zero-order valence-corrected chi connectivity index (χ0v) is 9.17.